The van der Waals surface area contributed by atoms with Crippen LogP contribution in [0, 0.1) is 0 Å². The molecule has 0 radical (unpaired) electrons. The summed E-state index contributed by atoms with van der Waals surface area (Å²) < 4.78 is 28.6. The second kappa shape index (κ2) is 9.85. The number of fused-ring (bicyclic) bond motifs is 2. The topological polar surface area (TPSA) is 78.5 Å². The number of hydrogen-bond donors (Lipinski definition) is 2. The molecule has 4 rings (SSSR count). The maximum absolute atomic E-state index is 13.1. The van der Waals surface area contributed by atoms with Crippen molar-refractivity contribution in [3.63, 3.8) is 0 Å². The van der Waals surface area contributed by atoms with E-state index in [1.807, 2.05) is 37.3 Å². The van der Waals surface area contributed by atoms with E-state index >= 15 is 0 Å². The molecule has 178 valence electrons. The van der Waals surface area contributed by atoms with Crippen molar-refractivity contribution in [3.05, 3.63) is 64.2 Å². The van der Waals surface area contributed by atoms with E-state index in [2.05, 4.69) is 34.9 Å². The smallest absolute Gasteiger partial charge is 0.307 e. The van der Waals surface area contributed by atoms with Crippen LogP contribution < -0.4 is 10.0 Å². The summed E-state index contributed by atoms with van der Waals surface area (Å²) in [4.78, 5) is 15.0. The molecule has 2 aliphatic carbocycles. The quantitative estimate of drug-likeness (QED) is 0.593. The van der Waals surface area contributed by atoms with E-state index < -0.39 is 16.1 Å². The molecule has 0 bridgehead atoms. The Labute approximate surface area is 197 Å². The summed E-state index contributed by atoms with van der Waals surface area (Å²) in [6.07, 6.45) is 6.07. The lowest BCUT2D eigenvalue weighted by Gasteiger charge is -2.34. The molecule has 1 atom stereocenters. The van der Waals surface area contributed by atoms with Crippen LogP contribution in [0.25, 0.3) is 0 Å². The molecule has 6 nitrogen and oxygen atoms in total. The van der Waals surface area contributed by atoms with Crippen molar-refractivity contribution < 1.29 is 13.2 Å². The largest absolute Gasteiger partial charge is 0.332 e. The molecular formula is C26H35N3O3S. The fourth-order valence-corrected chi connectivity index (χ4v) is 6.72. The molecule has 0 spiro atoms. The molecule has 2 aliphatic rings. The lowest BCUT2D eigenvalue weighted by atomic mass is 9.99. The average molecular weight is 470 g/mol. The summed E-state index contributed by atoms with van der Waals surface area (Å²) in [7, 11) is -3.87. The first-order chi connectivity index (χ1) is 15.8. The van der Waals surface area contributed by atoms with Gasteiger partial charge in [0.1, 0.15) is 0 Å². The third-order valence-electron chi connectivity index (χ3n) is 6.95. The third kappa shape index (κ3) is 5.25. The Kier molecular flexibility index (Phi) is 7.10. The number of urea groups is 1. The van der Waals surface area contributed by atoms with Gasteiger partial charge in [0.05, 0.1) is 11.8 Å². The summed E-state index contributed by atoms with van der Waals surface area (Å²) in [6.45, 7) is 6.85. The Bertz CT molecular complexity index is 1080. The van der Waals surface area contributed by atoms with Gasteiger partial charge in [-0.1, -0.05) is 43.3 Å². The lowest BCUT2D eigenvalue weighted by Crippen LogP contribution is -2.43. The van der Waals surface area contributed by atoms with Gasteiger partial charge in [-0.2, -0.15) is 0 Å². The number of aryl methyl sites for hydroxylation is 2. The predicted molar refractivity (Wildman–Crippen MR) is 133 cm³/mol. The van der Waals surface area contributed by atoms with Crippen LogP contribution in [0.5, 0.6) is 0 Å². The molecule has 0 fully saturated rings. The van der Waals surface area contributed by atoms with Gasteiger partial charge < -0.3 is 5.32 Å². The Morgan fingerprint density at radius 1 is 1.00 bits per heavy atom. The highest BCUT2D eigenvalue weighted by atomic mass is 32.2. The van der Waals surface area contributed by atoms with Gasteiger partial charge in [0.25, 0.3) is 0 Å². The van der Waals surface area contributed by atoms with E-state index in [1.165, 1.54) is 22.3 Å². The fraction of sp³-hybridized carbons (Fsp3) is 0.500. The van der Waals surface area contributed by atoms with Gasteiger partial charge in [-0.25, -0.2) is 17.9 Å². The summed E-state index contributed by atoms with van der Waals surface area (Å²) in [5.74, 6) is -0.179. The standard InChI is InChI=1S/C26H35N3O3S/c1-4-29(18(2)3)24(19-10-6-5-7-11-19)17-33(31,32)28-26(30)27-25-22-14-8-12-20(22)16-21-13-9-15-23(21)25/h5-7,10-11,16,18,24H,4,8-9,12-15,17H2,1-3H3,(H2,27,28,30). The first-order valence-electron chi connectivity index (χ1n) is 12.1. The van der Waals surface area contributed by atoms with Gasteiger partial charge in [-0.05, 0) is 86.7 Å². The van der Waals surface area contributed by atoms with Crippen molar-refractivity contribution >= 4 is 21.7 Å². The highest BCUT2D eigenvalue weighted by molar-refractivity contribution is 7.90. The van der Waals surface area contributed by atoms with Crippen LogP contribution in [0.2, 0.25) is 0 Å². The monoisotopic (exact) mass is 469 g/mol. The minimum atomic E-state index is -3.87. The molecule has 0 aromatic heterocycles. The van der Waals surface area contributed by atoms with Crippen LogP contribution in [-0.2, 0) is 35.7 Å². The highest BCUT2D eigenvalue weighted by Crippen LogP contribution is 2.38. The summed E-state index contributed by atoms with van der Waals surface area (Å²) >= 11 is 0. The van der Waals surface area contributed by atoms with Crippen LogP contribution >= 0.6 is 0 Å². The number of rotatable bonds is 8. The van der Waals surface area contributed by atoms with Gasteiger partial charge in [0.15, 0.2) is 0 Å². The van der Waals surface area contributed by atoms with Crippen molar-refractivity contribution in [1.29, 1.82) is 0 Å². The lowest BCUT2D eigenvalue weighted by molar-refractivity contribution is 0.176. The van der Waals surface area contributed by atoms with Crippen molar-refractivity contribution in [3.8, 4) is 0 Å². The minimum absolute atomic E-state index is 0.165. The second-order valence-corrected chi connectivity index (χ2v) is 11.2. The molecule has 7 heteroatoms. The van der Waals surface area contributed by atoms with Gasteiger partial charge in [0.2, 0.25) is 10.0 Å². The third-order valence-corrected chi connectivity index (χ3v) is 8.20. The zero-order valence-electron chi connectivity index (χ0n) is 19.9. The number of benzene rings is 2. The van der Waals surface area contributed by atoms with E-state index in [1.54, 1.807) is 0 Å². The van der Waals surface area contributed by atoms with Crippen molar-refractivity contribution in [2.24, 2.45) is 0 Å². The Morgan fingerprint density at radius 3 is 2.15 bits per heavy atom. The van der Waals surface area contributed by atoms with E-state index in [4.69, 9.17) is 0 Å². The molecule has 1 unspecified atom stereocenters. The van der Waals surface area contributed by atoms with Crippen LogP contribution in [0.1, 0.15) is 67.5 Å². The van der Waals surface area contributed by atoms with Crippen molar-refractivity contribution in [2.45, 2.75) is 71.4 Å². The number of amides is 2. The summed E-state index contributed by atoms with van der Waals surface area (Å²) in [5, 5.41) is 2.93. The van der Waals surface area contributed by atoms with Gasteiger partial charge in [-0.15, -0.1) is 0 Å². The maximum Gasteiger partial charge on any atom is 0.332 e. The molecule has 0 heterocycles. The number of nitrogens with zero attached hydrogens (tertiary/aromatic N) is 1. The first kappa shape index (κ1) is 23.8. The molecule has 0 aliphatic heterocycles. The molecule has 0 saturated heterocycles. The Balaban J connectivity index is 1.53. The van der Waals surface area contributed by atoms with Crippen LogP contribution in [0.15, 0.2) is 36.4 Å². The molecule has 2 aromatic rings. The minimum Gasteiger partial charge on any atom is -0.307 e. The van der Waals surface area contributed by atoms with E-state index in [-0.39, 0.29) is 17.8 Å². The zero-order valence-corrected chi connectivity index (χ0v) is 20.7. The summed E-state index contributed by atoms with van der Waals surface area (Å²) in [6, 6.07) is 11.1. The van der Waals surface area contributed by atoms with Gasteiger partial charge >= 0.3 is 6.03 Å². The second-order valence-electron chi connectivity index (χ2n) is 9.42. The molecular weight excluding hydrogens is 434 g/mol. The van der Waals surface area contributed by atoms with Crippen LogP contribution in [0.3, 0.4) is 0 Å². The van der Waals surface area contributed by atoms with Crippen molar-refractivity contribution in [1.82, 2.24) is 9.62 Å². The number of sulfonamides is 1. The number of carbonyl (C=O) groups excluding carboxylic acids is 1. The van der Waals surface area contributed by atoms with E-state index in [0.29, 0.717) is 6.54 Å². The first-order valence-corrected chi connectivity index (χ1v) is 13.7. The van der Waals surface area contributed by atoms with Crippen LogP contribution in [0.4, 0.5) is 10.5 Å². The zero-order chi connectivity index (χ0) is 23.6. The molecule has 2 amide bonds. The van der Waals surface area contributed by atoms with E-state index in [0.717, 1.165) is 49.8 Å². The van der Waals surface area contributed by atoms with Crippen molar-refractivity contribution in [2.75, 3.05) is 17.6 Å². The van der Waals surface area contributed by atoms with Crippen LogP contribution in [-0.4, -0.2) is 37.7 Å². The fourth-order valence-electron chi connectivity index (χ4n) is 5.50. The normalized spacial score (nSPS) is 16.0. The Morgan fingerprint density at radius 2 is 1.61 bits per heavy atom. The van der Waals surface area contributed by atoms with E-state index in [9.17, 15) is 13.2 Å². The van der Waals surface area contributed by atoms with Gasteiger partial charge in [-0.3, -0.25) is 4.90 Å². The SMILES string of the molecule is CCN(C(C)C)C(CS(=O)(=O)NC(=O)Nc1c2c(cc3c1CCC3)CCC2)c1ccccc1. The van der Waals surface area contributed by atoms with Gasteiger partial charge in [0, 0.05) is 11.7 Å². The average Bonchev–Trinajstić information content (AvgIpc) is 3.42. The Hall–Kier alpha value is -2.38. The number of carbonyl (C=O) groups is 1. The molecule has 33 heavy (non-hydrogen) atoms. The molecule has 0 saturated carbocycles. The highest BCUT2D eigenvalue weighted by Gasteiger charge is 2.30. The maximum atomic E-state index is 13.1. The number of hydrogen-bond acceptors (Lipinski definition) is 4. The number of anilines is 1. The molecule has 2 N–H and O–H groups in total. The summed E-state index contributed by atoms with van der Waals surface area (Å²) in [5.41, 5.74) is 6.74. The molecule has 2 aromatic carbocycles. The number of nitrogens with one attached hydrogen (secondary N) is 2. The predicted octanol–water partition coefficient (Wildman–Crippen LogP) is 4.59.